The van der Waals surface area contributed by atoms with Gasteiger partial charge in [0.1, 0.15) is 5.75 Å². The summed E-state index contributed by atoms with van der Waals surface area (Å²) < 4.78 is 10.4. The summed E-state index contributed by atoms with van der Waals surface area (Å²) in [5, 5.41) is 14.1. The number of carbonyl (C=O) groups excluding carboxylic acids is 1. The van der Waals surface area contributed by atoms with Crippen LogP contribution in [0.2, 0.25) is 0 Å². The molecule has 0 aliphatic rings. The number of hydrogen-bond donors (Lipinski definition) is 2. The fourth-order valence-electron chi connectivity index (χ4n) is 2.42. The summed E-state index contributed by atoms with van der Waals surface area (Å²) in [5.74, 6) is 1.21. The topological polar surface area (TPSA) is 98.3 Å². The van der Waals surface area contributed by atoms with E-state index in [1.807, 2.05) is 44.2 Å². The lowest BCUT2D eigenvalue weighted by Crippen LogP contribution is -2.06. The molecule has 2 N–H and O–H groups in total. The van der Waals surface area contributed by atoms with Gasteiger partial charge in [-0.3, -0.25) is 0 Å². The van der Waals surface area contributed by atoms with Crippen molar-refractivity contribution in [2.75, 3.05) is 17.7 Å². The summed E-state index contributed by atoms with van der Waals surface area (Å²) >= 11 is 0. The Morgan fingerprint density at radius 3 is 2.54 bits per heavy atom. The summed E-state index contributed by atoms with van der Waals surface area (Å²) in [6.07, 6.45) is 1.61. The van der Waals surface area contributed by atoms with Crippen LogP contribution in [-0.4, -0.2) is 34.4 Å². The Bertz CT molecular complexity index is 945. The lowest BCUT2D eigenvalue weighted by Gasteiger charge is -2.11. The predicted octanol–water partition coefficient (Wildman–Crippen LogP) is 3.93. The first-order valence-electron chi connectivity index (χ1n) is 8.72. The third-order valence-electron chi connectivity index (χ3n) is 3.60. The molecule has 8 nitrogen and oxygen atoms in total. The molecule has 3 aromatic rings. The third-order valence-corrected chi connectivity index (χ3v) is 3.60. The summed E-state index contributed by atoms with van der Waals surface area (Å²) in [7, 11) is 1.34. The molecule has 0 saturated heterocycles. The second kappa shape index (κ2) is 8.81. The summed E-state index contributed by atoms with van der Waals surface area (Å²) in [4.78, 5) is 16.0. The predicted molar refractivity (Wildman–Crippen MR) is 106 cm³/mol. The zero-order chi connectivity index (χ0) is 19.9. The average molecular weight is 379 g/mol. The Hall–Kier alpha value is -3.68. The number of hydrogen-bond acceptors (Lipinski definition) is 8. The van der Waals surface area contributed by atoms with Gasteiger partial charge in [-0.1, -0.05) is 6.07 Å². The van der Waals surface area contributed by atoms with Crippen LogP contribution in [0.25, 0.3) is 0 Å². The summed E-state index contributed by atoms with van der Waals surface area (Å²) in [6, 6.07) is 14.4. The lowest BCUT2D eigenvalue weighted by atomic mass is 10.2. The largest absolute Gasteiger partial charge is 0.491 e. The van der Waals surface area contributed by atoms with Crippen molar-refractivity contribution in [2.45, 2.75) is 20.0 Å². The molecular formula is C20H21N5O3. The number of ether oxygens (including phenoxy) is 2. The standard InChI is InChI=1S/C20H21N5O3/c1-13(2)28-17-9-7-15(8-10-17)23-20-24-18(12-21-25-20)22-16-6-4-5-14(11-16)19(26)27-3/h4-13H,1-3H3,(H2,22,23,24,25). The minimum Gasteiger partial charge on any atom is -0.491 e. The van der Waals surface area contributed by atoms with Crippen LogP contribution in [0.4, 0.5) is 23.1 Å². The quantitative estimate of drug-likeness (QED) is 0.596. The van der Waals surface area contributed by atoms with Crippen molar-refractivity contribution in [1.82, 2.24) is 15.2 Å². The van der Waals surface area contributed by atoms with Crippen molar-refractivity contribution in [1.29, 1.82) is 0 Å². The van der Waals surface area contributed by atoms with Crippen molar-refractivity contribution in [3.63, 3.8) is 0 Å². The van der Waals surface area contributed by atoms with Crippen LogP contribution < -0.4 is 15.4 Å². The van der Waals surface area contributed by atoms with E-state index in [0.29, 0.717) is 23.0 Å². The fraction of sp³-hybridized carbons (Fsp3) is 0.200. The normalized spacial score (nSPS) is 10.4. The molecule has 0 unspecified atom stereocenters. The molecule has 1 aromatic heterocycles. The molecule has 0 aliphatic carbocycles. The molecule has 8 heteroatoms. The molecule has 0 radical (unpaired) electrons. The van der Waals surface area contributed by atoms with Gasteiger partial charge in [-0.05, 0) is 56.3 Å². The first-order chi connectivity index (χ1) is 13.5. The molecule has 0 amide bonds. The first-order valence-corrected chi connectivity index (χ1v) is 8.72. The van der Waals surface area contributed by atoms with Gasteiger partial charge in [-0.15, -0.1) is 5.10 Å². The Labute approximate surface area is 162 Å². The number of anilines is 4. The molecule has 0 atom stereocenters. The maximum atomic E-state index is 11.7. The number of esters is 1. The molecule has 0 fully saturated rings. The number of rotatable bonds is 7. The molecule has 0 bridgehead atoms. The molecule has 0 spiro atoms. The Kier molecular flexibility index (Phi) is 6.01. The number of aromatic nitrogens is 3. The Morgan fingerprint density at radius 1 is 1.04 bits per heavy atom. The van der Waals surface area contributed by atoms with Crippen LogP contribution in [0.1, 0.15) is 24.2 Å². The Morgan fingerprint density at radius 2 is 1.82 bits per heavy atom. The molecule has 0 aliphatic heterocycles. The maximum Gasteiger partial charge on any atom is 0.337 e. The number of methoxy groups -OCH3 is 1. The monoisotopic (exact) mass is 379 g/mol. The van der Waals surface area contributed by atoms with Crippen LogP contribution in [0.3, 0.4) is 0 Å². The zero-order valence-electron chi connectivity index (χ0n) is 15.8. The molecule has 0 saturated carbocycles. The van der Waals surface area contributed by atoms with Gasteiger partial charge in [-0.25, -0.2) is 4.79 Å². The number of benzene rings is 2. The Balaban J connectivity index is 1.70. The molecule has 3 rings (SSSR count). The van der Waals surface area contributed by atoms with E-state index in [1.165, 1.54) is 13.3 Å². The minimum atomic E-state index is -0.406. The summed E-state index contributed by atoms with van der Waals surface area (Å²) in [6.45, 7) is 3.95. The van der Waals surface area contributed by atoms with Crippen molar-refractivity contribution < 1.29 is 14.3 Å². The minimum absolute atomic E-state index is 0.117. The highest BCUT2D eigenvalue weighted by Crippen LogP contribution is 2.20. The van der Waals surface area contributed by atoms with Gasteiger partial charge < -0.3 is 20.1 Å². The highest BCUT2D eigenvalue weighted by atomic mass is 16.5. The van der Waals surface area contributed by atoms with E-state index in [0.717, 1.165) is 11.4 Å². The smallest absolute Gasteiger partial charge is 0.337 e. The van der Waals surface area contributed by atoms with E-state index >= 15 is 0 Å². The van der Waals surface area contributed by atoms with E-state index in [9.17, 15) is 4.79 Å². The number of nitrogens with zero attached hydrogens (tertiary/aromatic N) is 3. The van der Waals surface area contributed by atoms with Gasteiger partial charge in [0.15, 0.2) is 5.82 Å². The van der Waals surface area contributed by atoms with Gasteiger partial charge in [0.05, 0.1) is 25.0 Å². The van der Waals surface area contributed by atoms with Gasteiger partial charge in [0.2, 0.25) is 5.95 Å². The second-order valence-corrected chi connectivity index (χ2v) is 6.18. The van der Waals surface area contributed by atoms with E-state index in [-0.39, 0.29) is 6.10 Å². The maximum absolute atomic E-state index is 11.7. The van der Waals surface area contributed by atoms with Crippen molar-refractivity contribution >= 4 is 29.1 Å². The second-order valence-electron chi connectivity index (χ2n) is 6.18. The molecule has 144 valence electrons. The third kappa shape index (κ3) is 5.16. The van der Waals surface area contributed by atoms with Crippen LogP contribution in [0.5, 0.6) is 5.75 Å². The highest BCUT2D eigenvalue weighted by molar-refractivity contribution is 5.90. The van der Waals surface area contributed by atoms with E-state index in [2.05, 4.69) is 25.8 Å². The lowest BCUT2D eigenvalue weighted by molar-refractivity contribution is 0.0601. The van der Waals surface area contributed by atoms with E-state index in [4.69, 9.17) is 9.47 Å². The van der Waals surface area contributed by atoms with Crippen LogP contribution in [0.15, 0.2) is 54.7 Å². The fourth-order valence-corrected chi connectivity index (χ4v) is 2.42. The first kappa shape index (κ1) is 19.1. The van der Waals surface area contributed by atoms with Crippen LogP contribution in [0, 0.1) is 0 Å². The van der Waals surface area contributed by atoms with Crippen molar-refractivity contribution in [2.24, 2.45) is 0 Å². The van der Waals surface area contributed by atoms with Crippen molar-refractivity contribution in [3.05, 3.63) is 60.3 Å². The van der Waals surface area contributed by atoms with Gasteiger partial charge >= 0.3 is 5.97 Å². The number of nitrogens with one attached hydrogen (secondary N) is 2. The van der Waals surface area contributed by atoms with Gasteiger partial charge in [0, 0.05) is 11.4 Å². The SMILES string of the molecule is COC(=O)c1cccc(Nc2cnnc(Nc3ccc(OC(C)C)cc3)n2)c1. The molecular weight excluding hydrogens is 358 g/mol. The highest BCUT2D eigenvalue weighted by Gasteiger charge is 2.07. The molecule has 1 heterocycles. The molecule has 2 aromatic carbocycles. The average Bonchev–Trinajstić information content (AvgIpc) is 2.69. The summed E-state index contributed by atoms with van der Waals surface area (Å²) in [5.41, 5.74) is 1.93. The van der Waals surface area contributed by atoms with Gasteiger partial charge in [0.25, 0.3) is 0 Å². The van der Waals surface area contributed by atoms with Gasteiger partial charge in [-0.2, -0.15) is 10.1 Å². The van der Waals surface area contributed by atoms with Crippen LogP contribution >= 0.6 is 0 Å². The molecule has 28 heavy (non-hydrogen) atoms. The van der Waals surface area contributed by atoms with Crippen molar-refractivity contribution in [3.8, 4) is 5.75 Å². The van der Waals surface area contributed by atoms with E-state index in [1.54, 1.807) is 18.2 Å². The van der Waals surface area contributed by atoms with E-state index < -0.39 is 5.97 Å². The zero-order valence-corrected chi connectivity index (χ0v) is 15.8. The number of carbonyl (C=O) groups is 1. The van der Waals surface area contributed by atoms with Crippen LogP contribution in [-0.2, 0) is 4.74 Å².